The van der Waals surface area contributed by atoms with E-state index in [1.807, 2.05) is 36.1 Å². The minimum atomic E-state index is 0.119. The summed E-state index contributed by atoms with van der Waals surface area (Å²) in [6.07, 6.45) is 0.982. The molecule has 1 aliphatic heterocycles. The van der Waals surface area contributed by atoms with Crippen LogP contribution in [0.1, 0.15) is 62.4 Å². The van der Waals surface area contributed by atoms with Crippen LogP contribution < -0.4 is 0 Å². The molecule has 29 heavy (non-hydrogen) atoms. The first-order valence-electron chi connectivity index (χ1n) is 10.5. The number of nitrogens with zero attached hydrogens (tertiary/aromatic N) is 2. The van der Waals surface area contributed by atoms with Crippen LogP contribution >= 0.6 is 0 Å². The Bertz CT molecular complexity index is 907. The van der Waals surface area contributed by atoms with Crippen molar-refractivity contribution in [2.75, 3.05) is 26.2 Å². The van der Waals surface area contributed by atoms with Gasteiger partial charge < -0.3 is 4.90 Å². The minimum absolute atomic E-state index is 0.119. The average Bonchev–Trinajstić information content (AvgIpc) is 2.70. The van der Waals surface area contributed by atoms with E-state index in [-0.39, 0.29) is 11.7 Å². The number of carbonyl (C=O) groups is 2. The Morgan fingerprint density at radius 1 is 0.931 bits per heavy atom. The first kappa shape index (κ1) is 21.3. The maximum Gasteiger partial charge on any atom is 0.253 e. The molecule has 0 aromatic heterocycles. The molecule has 3 rings (SSSR count). The predicted molar refractivity (Wildman–Crippen MR) is 118 cm³/mol. The highest BCUT2D eigenvalue weighted by Crippen LogP contribution is 2.25. The molecule has 1 fully saturated rings. The molecule has 4 heteroatoms. The molecule has 4 nitrogen and oxygen atoms in total. The Morgan fingerprint density at radius 3 is 2.10 bits per heavy atom. The van der Waals surface area contributed by atoms with Crippen molar-refractivity contribution in [1.29, 1.82) is 0 Å². The van der Waals surface area contributed by atoms with E-state index < -0.39 is 0 Å². The Balaban J connectivity index is 1.66. The van der Waals surface area contributed by atoms with Gasteiger partial charge in [0, 0.05) is 43.9 Å². The van der Waals surface area contributed by atoms with Crippen LogP contribution in [0.3, 0.4) is 0 Å². The quantitative estimate of drug-likeness (QED) is 0.711. The minimum Gasteiger partial charge on any atom is -0.336 e. The van der Waals surface area contributed by atoms with Gasteiger partial charge in [0.1, 0.15) is 0 Å². The van der Waals surface area contributed by atoms with Gasteiger partial charge in [-0.2, -0.15) is 0 Å². The van der Waals surface area contributed by atoms with Crippen LogP contribution in [-0.4, -0.2) is 47.7 Å². The predicted octanol–water partition coefficient (Wildman–Crippen LogP) is 4.33. The standard InChI is InChI=1S/C25H32N2O2/c1-6-21-7-9-22(10-8-21)25(29)27-13-11-26(12-14-27)16-23-17(2)15-18(3)24(19(23)4)20(5)28/h7-10,15H,6,11-14,16H2,1-5H3. The van der Waals surface area contributed by atoms with E-state index >= 15 is 0 Å². The lowest BCUT2D eigenvalue weighted by molar-refractivity contribution is 0.0627. The second kappa shape index (κ2) is 8.91. The van der Waals surface area contributed by atoms with Gasteiger partial charge in [-0.3, -0.25) is 14.5 Å². The average molecular weight is 393 g/mol. The summed E-state index contributed by atoms with van der Waals surface area (Å²) in [7, 11) is 0. The number of piperazine rings is 1. The van der Waals surface area contributed by atoms with Crippen molar-refractivity contribution in [2.24, 2.45) is 0 Å². The van der Waals surface area contributed by atoms with Gasteiger partial charge in [-0.05, 0) is 74.1 Å². The Hall–Kier alpha value is -2.46. The number of carbonyl (C=O) groups excluding carboxylic acids is 2. The third-order valence-corrected chi connectivity index (χ3v) is 6.13. The van der Waals surface area contributed by atoms with Crippen molar-refractivity contribution in [2.45, 2.75) is 47.6 Å². The lowest BCUT2D eigenvalue weighted by Crippen LogP contribution is -2.48. The van der Waals surface area contributed by atoms with Crippen LogP contribution in [0.2, 0.25) is 0 Å². The second-order valence-corrected chi connectivity index (χ2v) is 8.16. The number of aryl methyl sites for hydroxylation is 3. The fourth-order valence-electron chi connectivity index (χ4n) is 4.41. The number of hydrogen-bond acceptors (Lipinski definition) is 3. The van der Waals surface area contributed by atoms with Crippen molar-refractivity contribution in [3.63, 3.8) is 0 Å². The fourth-order valence-corrected chi connectivity index (χ4v) is 4.41. The van der Waals surface area contributed by atoms with Gasteiger partial charge in [-0.25, -0.2) is 0 Å². The molecule has 1 saturated heterocycles. The highest BCUT2D eigenvalue weighted by molar-refractivity contribution is 5.97. The van der Waals surface area contributed by atoms with Gasteiger partial charge in [-0.15, -0.1) is 0 Å². The number of benzene rings is 2. The molecule has 0 N–H and O–H groups in total. The third kappa shape index (κ3) is 4.59. The summed E-state index contributed by atoms with van der Waals surface area (Å²) in [5, 5.41) is 0. The highest BCUT2D eigenvalue weighted by atomic mass is 16.2. The second-order valence-electron chi connectivity index (χ2n) is 8.16. The molecule has 2 aromatic rings. The molecule has 0 unspecified atom stereocenters. The normalized spacial score (nSPS) is 14.9. The molecule has 0 spiro atoms. The molecule has 154 valence electrons. The van der Waals surface area contributed by atoms with Gasteiger partial charge >= 0.3 is 0 Å². The van der Waals surface area contributed by atoms with Crippen LogP contribution in [-0.2, 0) is 13.0 Å². The summed E-state index contributed by atoms with van der Waals surface area (Å²) in [5.74, 6) is 0.250. The van der Waals surface area contributed by atoms with Crippen LogP contribution in [0.5, 0.6) is 0 Å². The summed E-state index contributed by atoms with van der Waals surface area (Å²) < 4.78 is 0. The smallest absolute Gasteiger partial charge is 0.253 e. The molecule has 0 aliphatic carbocycles. The topological polar surface area (TPSA) is 40.6 Å². The SMILES string of the molecule is CCc1ccc(C(=O)N2CCN(Cc3c(C)cc(C)c(C(C)=O)c3C)CC2)cc1. The number of rotatable bonds is 5. The number of amides is 1. The maximum atomic E-state index is 12.8. The first-order valence-corrected chi connectivity index (χ1v) is 10.5. The van der Waals surface area contributed by atoms with Crippen LogP contribution in [0.4, 0.5) is 0 Å². The van der Waals surface area contributed by atoms with Crippen LogP contribution in [0.25, 0.3) is 0 Å². The number of ketones is 1. The van der Waals surface area contributed by atoms with Crippen molar-refractivity contribution >= 4 is 11.7 Å². The maximum absolute atomic E-state index is 12.8. The van der Waals surface area contributed by atoms with E-state index in [4.69, 9.17) is 0 Å². The van der Waals surface area contributed by atoms with E-state index in [1.165, 1.54) is 16.7 Å². The van der Waals surface area contributed by atoms with Crippen LogP contribution in [0, 0.1) is 20.8 Å². The number of Topliss-reactive ketones (excluding diaryl/α,β-unsaturated/α-hetero) is 1. The summed E-state index contributed by atoms with van der Waals surface area (Å²) >= 11 is 0. The summed E-state index contributed by atoms with van der Waals surface area (Å²) in [6.45, 7) is 13.9. The third-order valence-electron chi connectivity index (χ3n) is 6.13. The molecule has 0 radical (unpaired) electrons. The van der Waals surface area contributed by atoms with Crippen molar-refractivity contribution < 1.29 is 9.59 Å². The molecule has 1 heterocycles. The molecule has 0 bridgehead atoms. The number of hydrogen-bond donors (Lipinski definition) is 0. The molecule has 0 atom stereocenters. The van der Waals surface area contributed by atoms with Crippen molar-refractivity contribution in [3.05, 3.63) is 69.3 Å². The van der Waals surface area contributed by atoms with E-state index in [1.54, 1.807) is 6.92 Å². The van der Waals surface area contributed by atoms with Gasteiger partial charge in [0.25, 0.3) is 5.91 Å². The zero-order valence-electron chi connectivity index (χ0n) is 18.3. The summed E-state index contributed by atoms with van der Waals surface area (Å²) in [5.41, 5.74) is 7.52. The van der Waals surface area contributed by atoms with Crippen LogP contribution in [0.15, 0.2) is 30.3 Å². The fraction of sp³-hybridized carbons (Fsp3) is 0.440. The van der Waals surface area contributed by atoms with E-state index in [9.17, 15) is 9.59 Å². The Kier molecular flexibility index (Phi) is 6.53. The lowest BCUT2D eigenvalue weighted by atomic mass is 9.91. The van der Waals surface area contributed by atoms with E-state index in [0.717, 1.165) is 61.4 Å². The van der Waals surface area contributed by atoms with Gasteiger partial charge in [0.15, 0.2) is 5.78 Å². The molecule has 0 saturated carbocycles. The molecule has 1 aliphatic rings. The van der Waals surface area contributed by atoms with Gasteiger partial charge in [0.05, 0.1) is 0 Å². The monoisotopic (exact) mass is 392 g/mol. The van der Waals surface area contributed by atoms with Gasteiger partial charge in [-0.1, -0.05) is 25.1 Å². The Morgan fingerprint density at radius 2 is 1.55 bits per heavy atom. The Labute approximate surface area is 174 Å². The molecule has 1 amide bonds. The highest BCUT2D eigenvalue weighted by Gasteiger charge is 2.23. The van der Waals surface area contributed by atoms with E-state index in [0.29, 0.717) is 0 Å². The molecule has 2 aromatic carbocycles. The zero-order chi connectivity index (χ0) is 21.1. The lowest BCUT2D eigenvalue weighted by Gasteiger charge is -2.35. The zero-order valence-corrected chi connectivity index (χ0v) is 18.3. The van der Waals surface area contributed by atoms with E-state index in [2.05, 4.69) is 31.7 Å². The first-order chi connectivity index (χ1) is 13.8. The van der Waals surface area contributed by atoms with Crippen molar-refractivity contribution in [1.82, 2.24) is 9.80 Å². The van der Waals surface area contributed by atoms with Crippen molar-refractivity contribution in [3.8, 4) is 0 Å². The van der Waals surface area contributed by atoms with Gasteiger partial charge in [0.2, 0.25) is 0 Å². The molecular weight excluding hydrogens is 360 g/mol. The summed E-state index contributed by atoms with van der Waals surface area (Å²) in [6, 6.07) is 10.1. The molecular formula is C25H32N2O2. The largest absolute Gasteiger partial charge is 0.336 e. The summed E-state index contributed by atoms with van der Waals surface area (Å²) in [4.78, 5) is 29.2.